The molecule has 4 nitrogen and oxygen atoms in total. The molecule has 0 fully saturated rings. The monoisotopic (exact) mass is 309 g/mol. The van der Waals surface area contributed by atoms with Crippen molar-refractivity contribution in [1.82, 2.24) is 4.72 Å². The van der Waals surface area contributed by atoms with Gasteiger partial charge in [0.05, 0.1) is 12.4 Å². The first kappa shape index (κ1) is 17.7. The Hall–Kier alpha value is -1.35. The van der Waals surface area contributed by atoms with Crippen molar-refractivity contribution in [3.8, 4) is 11.8 Å². The van der Waals surface area contributed by atoms with Gasteiger partial charge >= 0.3 is 0 Å². The predicted molar refractivity (Wildman–Crippen MR) is 85.1 cm³/mol. The van der Waals surface area contributed by atoms with Gasteiger partial charge in [0.25, 0.3) is 0 Å². The molecule has 2 N–H and O–H groups in total. The van der Waals surface area contributed by atoms with E-state index in [1.807, 2.05) is 45.0 Å². The van der Waals surface area contributed by atoms with E-state index in [1.165, 1.54) is 0 Å². The minimum Gasteiger partial charge on any atom is -0.395 e. The first-order valence-corrected chi connectivity index (χ1v) is 8.54. The van der Waals surface area contributed by atoms with E-state index in [9.17, 15) is 8.42 Å². The fourth-order valence-electron chi connectivity index (χ4n) is 1.82. The third-order valence-electron chi connectivity index (χ3n) is 2.58. The van der Waals surface area contributed by atoms with Crippen LogP contribution in [0.5, 0.6) is 0 Å². The lowest BCUT2D eigenvalue weighted by atomic mass is 10.0. The zero-order valence-corrected chi connectivity index (χ0v) is 13.6. The van der Waals surface area contributed by atoms with Gasteiger partial charge < -0.3 is 5.11 Å². The van der Waals surface area contributed by atoms with E-state index in [-0.39, 0.29) is 24.3 Å². The molecule has 21 heavy (non-hydrogen) atoms. The zero-order valence-electron chi connectivity index (χ0n) is 12.8. The van der Waals surface area contributed by atoms with Gasteiger partial charge in [-0.2, -0.15) is 0 Å². The maximum Gasteiger partial charge on any atom is 0.212 e. The number of rotatable bonds is 5. The molecular formula is C16H23NO3S. The smallest absolute Gasteiger partial charge is 0.212 e. The van der Waals surface area contributed by atoms with Gasteiger partial charge in [-0.05, 0) is 17.0 Å². The summed E-state index contributed by atoms with van der Waals surface area (Å²) in [6.07, 6.45) is 0.407. The second kappa shape index (κ2) is 7.60. The molecule has 0 unspecified atom stereocenters. The van der Waals surface area contributed by atoms with Crippen LogP contribution in [0.4, 0.5) is 0 Å². The van der Waals surface area contributed by atoms with Crippen LogP contribution in [-0.4, -0.2) is 25.9 Å². The van der Waals surface area contributed by atoms with Crippen LogP contribution in [0, 0.1) is 17.3 Å². The molecule has 0 aliphatic carbocycles. The number of aliphatic hydroxyl groups is 1. The molecule has 0 atom stereocenters. The highest BCUT2D eigenvalue weighted by molar-refractivity contribution is 7.89. The van der Waals surface area contributed by atoms with Gasteiger partial charge in [-0.3, -0.25) is 0 Å². The summed E-state index contributed by atoms with van der Waals surface area (Å²) in [7, 11) is -3.32. The minimum absolute atomic E-state index is 0.0212. The molecule has 0 aliphatic heterocycles. The van der Waals surface area contributed by atoms with Crippen LogP contribution in [0.1, 0.15) is 38.3 Å². The second-order valence-corrected chi connectivity index (χ2v) is 7.88. The van der Waals surface area contributed by atoms with E-state index in [2.05, 4.69) is 16.6 Å². The van der Waals surface area contributed by atoms with Crippen molar-refractivity contribution in [3.05, 3.63) is 35.4 Å². The molecule has 0 amide bonds. The molecule has 0 aliphatic rings. The molecule has 1 aromatic carbocycles. The molecule has 1 aromatic rings. The van der Waals surface area contributed by atoms with Crippen molar-refractivity contribution >= 4 is 10.0 Å². The minimum atomic E-state index is -3.32. The van der Waals surface area contributed by atoms with Crippen molar-refractivity contribution in [2.45, 2.75) is 33.7 Å². The maximum absolute atomic E-state index is 12.0. The van der Waals surface area contributed by atoms with Crippen LogP contribution < -0.4 is 4.72 Å². The lowest BCUT2D eigenvalue weighted by molar-refractivity contribution is 0.305. The number of sulfonamides is 1. The number of hydrogen-bond acceptors (Lipinski definition) is 3. The average Bonchev–Trinajstić information content (AvgIpc) is 2.35. The van der Waals surface area contributed by atoms with Crippen LogP contribution in [0.15, 0.2) is 24.3 Å². The largest absolute Gasteiger partial charge is 0.395 e. The van der Waals surface area contributed by atoms with Crippen molar-refractivity contribution in [2.24, 2.45) is 5.41 Å². The van der Waals surface area contributed by atoms with Gasteiger partial charge in [0.15, 0.2) is 0 Å². The summed E-state index contributed by atoms with van der Waals surface area (Å²) >= 11 is 0. The number of benzene rings is 1. The highest BCUT2D eigenvalue weighted by atomic mass is 32.2. The quantitative estimate of drug-likeness (QED) is 0.816. The lowest BCUT2D eigenvalue weighted by Crippen LogP contribution is -2.32. The van der Waals surface area contributed by atoms with Gasteiger partial charge in [0.2, 0.25) is 10.0 Å². The molecule has 116 valence electrons. The van der Waals surface area contributed by atoms with E-state index in [4.69, 9.17) is 5.11 Å². The Morgan fingerprint density at radius 2 is 1.90 bits per heavy atom. The molecule has 0 radical (unpaired) electrons. The lowest BCUT2D eigenvalue weighted by Gasteiger charge is -2.18. The molecule has 0 spiro atoms. The molecule has 1 rings (SSSR count). The number of hydrogen-bond donors (Lipinski definition) is 2. The predicted octanol–water partition coefficient (Wildman–Crippen LogP) is 1.89. The normalized spacial score (nSPS) is 11.8. The molecule has 0 heterocycles. The van der Waals surface area contributed by atoms with Gasteiger partial charge in [-0.15, -0.1) is 0 Å². The zero-order chi connectivity index (χ0) is 15.9. The van der Waals surface area contributed by atoms with E-state index in [0.717, 1.165) is 11.1 Å². The number of nitrogens with one attached hydrogen (secondary N) is 1. The molecule has 0 bridgehead atoms. The molecule has 0 aromatic heterocycles. The summed E-state index contributed by atoms with van der Waals surface area (Å²) in [5, 5.41) is 8.74. The maximum atomic E-state index is 12.0. The summed E-state index contributed by atoms with van der Waals surface area (Å²) in [6, 6.07) is 7.40. The standard InChI is InChI=1S/C16H23NO3S/c1-16(2,3)13-21(19,20)17-12-15-10-5-4-8-14(15)9-6-7-11-18/h4-5,8,10,17-18H,7,11-13H2,1-3H3. The first-order valence-electron chi connectivity index (χ1n) is 6.88. The third kappa shape index (κ3) is 7.28. The molecule has 0 saturated heterocycles. The Morgan fingerprint density at radius 3 is 2.52 bits per heavy atom. The van der Waals surface area contributed by atoms with Crippen molar-refractivity contribution in [3.63, 3.8) is 0 Å². The van der Waals surface area contributed by atoms with Crippen LogP contribution in [0.25, 0.3) is 0 Å². The van der Waals surface area contributed by atoms with Gasteiger partial charge in [-0.25, -0.2) is 13.1 Å². The Bertz CT molecular complexity index is 619. The first-order chi connectivity index (χ1) is 9.73. The summed E-state index contributed by atoms with van der Waals surface area (Å²) in [5.74, 6) is 5.89. The highest BCUT2D eigenvalue weighted by Gasteiger charge is 2.21. The molecule has 0 saturated carbocycles. The van der Waals surface area contributed by atoms with E-state index in [0.29, 0.717) is 6.42 Å². The molecule has 5 heteroatoms. The fraction of sp³-hybridized carbons (Fsp3) is 0.500. The van der Waals surface area contributed by atoms with E-state index in [1.54, 1.807) is 0 Å². The Balaban J connectivity index is 2.79. The van der Waals surface area contributed by atoms with Gasteiger partial charge in [-0.1, -0.05) is 50.8 Å². The van der Waals surface area contributed by atoms with Crippen LogP contribution in [-0.2, 0) is 16.6 Å². The highest BCUT2D eigenvalue weighted by Crippen LogP contribution is 2.16. The Kier molecular flexibility index (Phi) is 6.41. The topological polar surface area (TPSA) is 66.4 Å². The average molecular weight is 309 g/mol. The van der Waals surface area contributed by atoms with Crippen molar-refractivity contribution < 1.29 is 13.5 Å². The second-order valence-electron chi connectivity index (χ2n) is 6.07. The number of aliphatic hydroxyl groups excluding tert-OH is 1. The summed E-state index contributed by atoms with van der Waals surface area (Å²) < 4.78 is 26.6. The van der Waals surface area contributed by atoms with Crippen molar-refractivity contribution in [2.75, 3.05) is 12.4 Å². The van der Waals surface area contributed by atoms with Gasteiger partial charge in [0, 0.05) is 18.5 Å². The van der Waals surface area contributed by atoms with Crippen LogP contribution >= 0.6 is 0 Å². The van der Waals surface area contributed by atoms with Crippen molar-refractivity contribution in [1.29, 1.82) is 0 Å². The van der Waals surface area contributed by atoms with Crippen LogP contribution in [0.2, 0.25) is 0 Å². The summed E-state index contributed by atoms with van der Waals surface area (Å²) in [6.45, 7) is 5.91. The van der Waals surface area contributed by atoms with E-state index < -0.39 is 10.0 Å². The third-order valence-corrected chi connectivity index (χ3v) is 4.41. The molecular weight excluding hydrogens is 286 g/mol. The SMILES string of the molecule is CC(C)(C)CS(=O)(=O)NCc1ccccc1C#CCCO. The Labute approximate surface area is 127 Å². The van der Waals surface area contributed by atoms with Crippen LogP contribution in [0.3, 0.4) is 0 Å². The van der Waals surface area contributed by atoms with E-state index >= 15 is 0 Å². The summed E-state index contributed by atoms with van der Waals surface area (Å²) in [4.78, 5) is 0. The summed E-state index contributed by atoms with van der Waals surface area (Å²) in [5.41, 5.74) is 1.33. The van der Waals surface area contributed by atoms with Gasteiger partial charge in [0.1, 0.15) is 0 Å². The fourth-order valence-corrected chi connectivity index (χ4v) is 3.44. The Morgan fingerprint density at radius 1 is 1.24 bits per heavy atom.